The number of nitrogens with zero attached hydrogens (tertiary/aromatic N) is 1. The molecule has 5 nitrogen and oxygen atoms in total. The highest BCUT2D eigenvalue weighted by Gasteiger charge is 2.11. The molecule has 0 saturated carbocycles. The number of H-pyrrole nitrogens is 1. The van der Waals surface area contributed by atoms with Crippen LogP contribution in [0.1, 0.15) is 28.5 Å². The second-order valence-corrected chi connectivity index (χ2v) is 4.22. The van der Waals surface area contributed by atoms with Gasteiger partial charge in [0.15, 0.2) is 0 Å². The first-order chi connectivity index (χ1) is 9.11. The molecule has 1 amide bonds. The van der Waals surface area contributed by atoms with Crippen LogP contribution in [0.5, 0.6) is 0 Å². The van der Waals surface area contributed by atoms with Crippen LogP contribution in [0.25, 0.3) is 0 Å². The van der Waals surface area contributed by atoms with E-state index in [9.17, 15) is 9.59 Å². The van der Waals surface area contributed by atoms with Crippen LogP contribution in [0.15, 0.2) is 35.1 Å². The number of carbonyl (C=O) groups excluding carboxylic acids is 1. The number of hydrogen-bond donors (Lipinski definition) is 2. The molecular formula is C14H15N3O2. The van der Waals surface area contributed by atoms with Gasteiger partial charge in [-0.05, 0) is 30.5 Å². The Hall–Kier alpha value is -2.43. The van der Waals surface area contributed by atoms with Gasteiger partial charge in [-0.2, -0.15) is 5.10 Å². The summed E-state index contributed by atoms with van der Waals surface area (Å²) in [6, 6.07) is 8.55. The maximum atomic E-state index is 12.1. The van der Waals surface area contributed by atoms with E-state index in [-0.39, 0.29) is 17.2 Å². The van der Waals surface area contributed by atoms with Gasteiger partial charge in [-0.15, -0.1) is 0 Å². The van der Waals surface area contributed by atoms with E-state index in [2.05, 4.69) is 15.5 Å². The molecule has 1 aromatic carbocycles. The van der Waals surface area contributed by atoms with Gasteiger partial charge in [-0.25, -0.2) is 5.10 Å². The smallest absolute Gasteiger partial charge is 0.276 e. The lowest BCUT2D eigenvalue weighted by Gasteiger charge is -2.12. The van der Waals surface area contributed by atoms with Crippen molar-refractivity contribution in [3.8, 4) is 0 Å². The Labute approximate surface area is 110 Å². The fourth-order valence-electron chi connectivity index (χ4n) is 1.85. The number of benzene rings is 1. The molecule has 2 aromatic rings. The molecule has 0 spiro atoms. The van der Waals surface area contributed by atoms with Crippen LogP contribution in [0, 0.1) is 6.92 Å². The molecule has 0 fully saturated rings. The number of aromatic amines is 1. The van der Waals surface area contributed by atoms with Crippen LogP contribution in [0.3, 0.4) is 0 Å². The predicted molar refractivity (Wildman–Crippen MR) is 73.4 cm³/mol. The summed E-state index contributed by atoms with van der Waals surface area (Å²) in [4.78, 5) is 23.0. The summed E-state index contributed by atoms with van der Waals surface area (Å²) in [5.74, 6) is -0.333. The minimum atomic E-state index is -0.333. The third kappa shape index (κ3) is 2.88. The van der Waals surface area contributed by atoms with Crippen molar-refractivity contribution >= 4 is 11.6 Å². The summed E-state index contributed by atoms with van der Waals surface area (Å²) in [5.41, 5.74) is 2.73. The average Bonchev–Trinajstić information content (AvgIpc) is 2.41. The highest BCUT2D eigenvalue weighted by molar-refractivity contribution is 6.03. The van der Waals surface area contributed by atoms with Crippen LogP contribution in [-0.4, -0.2) is 16.1 Å². The highest BCUT2D eigenvalue weighted by Crippen LogP contribution is 2.21. The molecule has 0 aliphatic carbocycles. The van der Waals surface area contributed by atoms with Gasteiger partial charge in [0.05, 0.1) is 0 Å². The van der Waals surface area contributed by atoms with E-state index >= 15 is 0 Å². The molecule has 5 heteroatoms. The predicted octanol–water partition coefficient (Wildman–Crippen LogP) is 1.89. The SMILES string of the molecule is CCc1cccc(C)c1NC(=O)c1ccc(=O)[nH]n1. The molecule has 1 aromatic heterocycles. The molecule has 0 aliphatic heterocycles. The van der Waals surface area contributed by atoms with Crippen molar-refractivity contribution in [1.82, 2.24) is 10.2 Å². The zero-order valence-corrected chi connectivity index (χ0v) is 10.9. The van der Waals surface area contributed by atoms with Crippen LogP contribution in [0.4, 0.5) is 5.69 Å². The van der Waals surface area contributed by atoms with Crippen molar-refractivity contribution in [2.75, 3.05) is 5.32 Å². The van der Waals surface area contributed by atoms with Crippen molar-refractivity contribution in [2.45, 2.75) is 20.3 Å². The van der Waals surface area contributed by atoms with Gasteiger partial charge in [0.1, 0.15) is 5.69 Å². The highest BCUT2D eigenvalue weighted by atomic mass is 16.2. The largest absolute Gasteiger partial charge is 0.320 e. The van der Waals surface area contributed by atoms with E-state index in [0.717, 1.165) is 23.2 Å². The van der Waals surface area contributed by atoms with E-state index in [0.29, 0.717) is 0 Å². The number of carbonyl (C=O) groups is 1. The van der Waals surface area contributed by atoms with Crippen molar-refractivity contribution in [3.05, 3.63) is 57.5 Å². The van der Waals surface area contributed by atoms with Gasteiger partial charge >= 0.3 is 0 Å². The van der Waals surface area contributed by atoms with E-state index in [1.165, 1.54) is 12.1 Å². The first-order valence-corrected chi connectivity index (χ1v) is 6.07. The molecule has 0 radical (unpaired) electrons. The van der Waals surface area contributed by atoms with Crippen molar-refractivity contribution in [1.29, 1.82) is 0 Å². The molecule has 0 saturated heterocycles. The maximum absolute atomic E-state index is 12.1. The summed E-state index contributed by atoms with van der Waals surface area (Å²) < 4.78 is 0. The minimum absolute atomic E-state index is 0.185. The molecule has 1 heterocycles. The number of nitrogens with one attached hydrogen (secondary N) is 2. The number of aryl methyl sites for hydroxylation is 2. The first-order valence-electron chi connectivity index (χ1n) is 6.07. The Morgan fingerprint density at radius 2 is 2.11 bits per heavy atom. The molecule has 2 rings (SSSR count). The third-order valence-electron chi connectivity index (χ3n) is 2.89. The molecule has 98 valence electrons. The van der Waals surface area contributed by atoms with Crippen LogP contribution >= 0.6 is 0 Å². The van der Waals surface area contributed by atoms with Crippen LogP contribution < -0.4 is 10.9 Å². The fourth-order valence-corrected chi connectivity index (χ4v) is 1.85. The molecule has 19 heavy (non-hydrogen) atoms. The summed E-state index contributed by atoms with van der Waals surface area (Å²) in [6.07, 6.45) is 0.830. The standard InChI is InChI=1S/C14H15N3O2/c1-3-10-6-4-5-9(2)13(10)15-14(19)11-7-8-12(18)17-16-11/h4-8H,3H2,1-2H3,(H,15,19)(H,17,18). The van der Waals surface area contributed by atoms with E-state index in [4.69, 9.17) is 0 Å². The quantitative estimate of drug-likeness (QED) is 0.881. The van der Waals surface area contributed by atoms with Gasteiger partial charge < -0.3 is 5.32 Å². The average molecular weight is 257 g/mol. The number of amides is 1. The van der Waals surface area contributed by atoms with E-state index in [1.54, 1.807) is 0 Å². The van der Waals surface area contributed by atoms with E-state index in [1.807, 2.05) is 32.0 Å². The topological polar surface area (TPSA) is 74.8 Å². The second kappa shape index (κ2) is 5.48. The Bertz CT molecular complexity index is 641. The molecule has 0 aliphatic rings. The lowest BCUT2D eigenvalue weighted by molar-refractivity contribution is 0.102. The number of rotatable bonds is 3. The normalized spacial score (nSPS) is 10.2. The van der Waals surface area contributed by atoms with Gasteiger partial charge in [-0.3, -0.25) is 9.59 Å². The van der Waals surface area contributed by atoms with E-state index < -0.39 is 0 Å². The molecule has 0 bridgehead atoms. The molecule has 2 N–H and O–H groups in total. The van der Waals surface area contributed by atoms with Crippen molar-refractivity contribution in [2.24, 2.45) is 0 Å². The number of anilines is 1. The maximum Gasteiger partial charge on any atom is 0.276 e. The number of aromatic nitrogens is 2. The van der Waals surface area contributed by atoms with Gasteiger partial charge in [0, 0.05) is 11.8 Å². The van der Waals surface area contributed by atoms with Crippen molar-refractivity contribution in [3.63, 3.8) is 0 Å². The summed E-state index contributed by atoms with van der Waals surface area (Å²) in [7, 11) is 0. The Morgan fingerprint density at radius 1 is 1.32 bits per heavy atom. The van der Waals surface area contributed by atoms with Gasteiger partial charge in [-0.1, -0.05) is 25.1 Å². The Balaban J connectivity index is 2.28. The Kier molecular flexibility index (Phi) is 3.75. The minimum Gasteiger partial charge on any atom is -0.320 e. The zero-order chi connectivity index (χ0) is 13.8. The van der Waals surface area contributed by atoms with Gasteiger partial charge in [0.2, 0.25) is 0 Å². The van der Waals surface area contributed by atoms with Gasteiger partial charge in [0.25, 0.3) is 11.5 Å². The Morgan fingerprint density at radius 3 is 2.74 bits per heavy atom. The zero-order valence-electron chi connectivity index (χ0n) is 10.9. The molecule has 0 atom stereocenters. The first kappa shape index (κ1) is 13.0. The lowest BCUT2D eigenvalue weighted by Crippen LogP contribution is -2.18. The third-order valence-corrected chi connectivity index (χ3v) is 2.89. The monoisotopic (exact) mass is 257 g/mol. The summed E-state index contributed by atoms with van der Waals surface area (Å²) >= 11 is 0. The fraction of sp³-hybridized carbons (Fsp3) is 0.214. The number of hydrogen-bond acceptors (Lipinski definition) is 3. The molecule has 0 unspecified atom stereocenters. The van der Waals surface area contributed by atoms with Crippen LogP contribution in [0.2, 0.25) is 0 Å². The molecular weight excluding hydrogens is 242 g/mol. The summed E-state index contributed by atoms with van der Waals surface area (Å²) in [5, 5.41) is 8.80. The second-order valence-electron chi connectivity index (χ2n) is 4.22. The lowest BCUT2D eigenvalue weighted by atomic mass is 10.1. The number of para-hydroxylation sites is 1. The summed E-state index contributed by atoms with van der Waals surface area (Å²) in [6.45, 7) is 3.97. The van der Waals surface area contributed by atoms with Crippen LogP contribution in [-0.2, 0) is 6.42 Å². The van der Waals surface area contributed by atoms with Crippen molar-refractivity contribution < 1.29 is 4.79 Å².